The van der Waals surface area contributed by atoms with Crippen LogP contribution in [0.4, 0.5) is 0 Å². The highest BCUT2D eigenvalue weighted by Gasteiger charge is 2.12. The van der Waals surface area contributed by atoms with Gasteiger partial charge in [-0.2, -0.15) is 0 Å². The average molecular weight is 297 g/mol. The first-order valence-electron chi connectivity index (χ1n) is 8.24. The molecule has 0 aliphatic rings. The Bertz CT molecular complexity index is 538. The van der Waals surface area contributed by atoms with Crippen molar-refractivity contribution in [1.82, 2.24) is 5.32 Å². The molecule has 0 aliphatic carbocycles. The number of rotatable bonds is 9. The number of unbranched alkanes of at least 4 members (excludes halogenated alkanes) is 2. The van der Waals surface area contributed by atoms with Gasteiger partial charge < -0.3 is 10.1 Å². The minimum absolute atomic E-state index is 0.349. The molecule has 2 rings (SSSR count). The van der Waals surface area contributed by atoms with Crippen LogP contribution in [0.1, 0.15) is 43.2 Å². The molecule has 0 aromatic heterocycles. The molecule has 1 N–H and O–H groups in total. The van der Waals surface area contributed by atoms with Crippen LogP contribution in [0.5, 0.6) is 5.75 Å². The number of hydrogen-bond acceptors (Lipinski definition) is 2. The van der Waals surface area contributed by atoms with Gasteiger partial charge in [-0.1, -0.05) is 55.5 Å². The molecule has 0 saturated carbocycles. The second-order valence-corrected chi connectivity index (χ2v) is 5.68. The minimum atomic E-state index is 0.349. The van der Waals surface area contributed by atoms with Crippen molar-refractivity contribution in [3.63, 3.8) is 0 Å². The zero-order valence-corrected chi connectivity index (χ0v) is 13.7. The monoisotopic (exact) mass is 297 g/mol. The maximum atomic E-state index is 6.04. The standard InChI is InChI=1S/C20H27NO/c1-17(18-11-5-3-6-12-18)19-13-7-8-14-20(19)22-16-10-4-9-15-21-2/h3,5-8,11-14,17,21H,4,9-10,15-16H2,1-2H3. The summed E-state index contributed by atoms with van der Waals surface area (Å²) in [5.74, 6) is 1.37. The van der Waals surface area contributed by atoms with Crippen LogP contribution in [0, 0.1) is 0 Å². The Hall–Kier alpha value is -1.80. The molecule has 0 saturated heterocycles. The molecule has 118 valence electrons. The van der Waals surface area contributed by atoms with Gasteiger partial charge >= 0.3 is 0 Å². The van der Waals surface area contributed by atoms with Crippen molar-refractivity contribution < 1.29 is 4.74 Å². The first-order chi connectivity index (χ1) is 10.8. The van der Waals surface area contributed by atoms with E-state index in [2.05, 4.69) is 66.8 Å². The quantitative estimate of drug-likeness (QED) is 0.683. The molecule has 2 aromatic rings. The van der Waals surface area contributed by atoms with Crippen molar-refractivity contribution in [3.05, 3.63) is 65.7 Å². The van der Waals surface area contributed by atoms with Crippen molar-refractivity contribution in [2.75, 3.05) is 20.2 Å². The Balaban J connectivity index is 1.95. The largest absolute Gasteiger partial charge is 0.493 e. The van der Waals surface area contributed by atoms with Crippen molar-refractivity contribution in [1.29, 1.82) is 0 Å². The van der Waals surface area contributed by atoms with E-state index in [4.69, 9.17) is 4.74 Å². The van der Waals surface area contributed by atoms with E-state index in [0.717, 1.165) is 25.3 Å². The van der Waals surface area contributed by atoms with Crippen LogP contribution in [0.15, 0.2) is 54.6 Å². The zero-order chi connectivity index (χ0) is 15.6. The van der Waals surface area contributed by atoms with Gasteiger partial charge in [0.25, 0.3) is 0 Å². The van der Waals surface area contributed by atoms with E-state index in [-0.39, 0.29) is 0 Å². The van der Waals surface area contributed by atoms with E-state index in [1.54, 1.807) is 0 Å². The predicted molar refractivity (Wildman–Crippen MR) is 93.7 cm³/mol. The highest BCUT2D eigenvalue weighted by atomic mass is 16.5. The highest BCUT2D eigenvalue weighted by molar-refractivity contribution is 5.41. The van der Waals surface area contributed by atoms with Gasteiger partial charge in [0.1, 0.15) is 5.75 Å². The Morgan fingerprint density at radius 2 is 1.64 bits per heavy atom. The van der Waals surface area contributed by atoms with E-state index in [0.29, 0.717) is 5.92 Å². The Labute approximate surface area is 134 Å². The normalized spacial score (nSPS) is 12.1. The smallest absolute Gasteiger partial charge is 0.123 e. The Morgan fingerprint density at radius 3 is 2.41 bits per heavy atom. The van der Waals surface area contributed by atoms with Crippen molar-refractivity contribution in [2.45, 2.75) is 32.1 Å². The summed E-state index contributed by atoms with van der Waals surface area (Å²) in [6.07, 6.45) is 3.52. The van der Waals surface area contributed by atoms with Gasteiger partial charge in [0.05, 0.1) is 6.61 Å². The molecule has 0 bridgehead atoms. The maximum Gasteiger partial charge on any atom is 0.123 e. The number of benzene rings is 2. The van der Waals surface area contributed by atoms with E-state index < -0.39 is 0 Å². The lowest BCUT2D eigenvalue weighted by molar-refractivity contribution is 0.301. The summed E-state index contributed by atoms with van der Waals surface area (Å²) >= 11 is 0. The molecule has 0 aliphatic heterocycles. The SMILES string of the molecule is CNCCCCCOc1ccccc1C(C)c1ccccc1. The third-order valence-electron chi connectivity index (χ3n) is 4.01. The number of nitrogens with one attached hydrogen (secondary N) is 1. The van der Waals surface area contributed by atoms with E-state index in [1.807, 2.05) is 7.05 Å². The molecule has 2 aromatic carbocycles. The molecule has 0 heterocycles. The summed E-state index contributed by atoms with van der Waals surface area (Å²) in [4.78, 5) is 0. The van der Waals surface area contributed by atoms with Gasteiger partial charge in [-0.05, 0) is 44.5 Å². The second-order valence-electron chi connectivity index (χ2n) is 5.68. The van der Waals surface area contributed by atoms with Crippen LogP contribution in [0.2, 0.25) is 0 Å². The first kappa shape index (κ1) is 16.6. The maximum absolute atomic E-state index is 6.04. The van der Waals surface area contributed by atoms with Crippen LogP contribution in [0.3, 0.4) is 0 Å². The van der Waals surface area contributed by atoms with Gasteiger partial charge in [0, 0.05) is 11.5 Å². The van der Waals surface area contributed by atoms with Crippen LogP contribution in [-0.2, 0) is 0 Å². The van der Waals surface area contributed by atoms with E-state index in [1.165, 1.54) is 24.0 Å². The van der Waals surface area contributed by atoms with Crippen molar-refractivity contribution in [3.8, 4) is 5.75 Å². The fraction of sp³-hybridized carbons (Fsp3) is 0.400. The van der Waals surface area contributed by atoms with Gasteiger partial charge in [-0.3, -0.25) is 0 Å². The Morgan fingerprint density at radius 1 is 0.909 bits per heavy atom. The van der Waals surface area contributed by atoms with Crippen LogP contribution in [-0.4, -0.2) is 20.2 Å². The number of ether oxygens (including phenoxy) is 1. The summed E-state index contributed by atoms with van der Waals surface area (Å²) in [6.45, 7) is 4.12. The molecule has 0 amide bonds. The lowest BCUT2D eigenvalue weighted by Crippen LogP contribution is -2.08. The van der Waals surface area contributed by atoms with Crippen LogP contribution >= 0.6 is 0 Å². The predicted octanol–water partition coefficient (Wildman–Crippen LogP) is 4.61. The van der Waals surface area contributed by atoms with Crippen LogP contribution in [0.25, 0.3) is 0 Å². The number of hydrogen-bond donors (Lipinski definition) is 1. The van der Waals surface area contributed by atoms with Crippen molar-refractivity contribution >= 4 is 0 Å². The third kappa shape index (κ3) is 4.88. The third-order valence-corrected chi connectivity index (χ3v) is 4.01. The van der Waals surface area contributed by atoms with Gasteiger partial charge in [-0.15, -0.1) is 0 Å². The summed E-state index contributed by atoms with van der Waals surface area (Å²) in [5, 5.41) is 3.18. The first-order valence-corrected chi connectivity index (χ1v) is 8.24. The highest BCUT2D eigenvalue weighted by Crippen LogP contribution is 2.31. The lowest BCUT2D eigenvalue weighted by Gasteiger charge is -2.17. The fourth-order valence-corrected chi connectivity index (χ4v) is 2.65. The summed E-state index contributed by atoms with van der Waals surface area (Å²) in [7, 11) is 2.00. The molecule has 1 atom stereocenters. The average Bonchev–Trinajstić information content (AvgIpc) is 2.58. The molecule has 0 radical (unpaired) electrons. The molecule has 2 heteroatoms. The lowest BCUT2D eigenvalue weighted by atomic mass is 9.92. The van der Waals surface area contributed by atoms with Crippen LogP contribution < -0.4 is 10.1 Å². The Kier molecular flexibility index (Phi) is 6.98. The summed E-state index contributed by atoms with van der Waals surface area (Å²) in [6, 6.07) is 19.0. The van der Waals surface area contributed by atoms with Crippen molar-refractivity contribution in [2.24, 2.45) is 0 Å². The molecule has 1 unspecified atom stereocenters. The fourth-order valence-electron chi connectivity index (χ4n) is 2.65. The number of para-hydroxylation sites is 1. The molecule has 0 spiro atoms. The van der Waals surface area contributed by atoms with Gasteiger partial charge in [0.2, 0.25) is 0 Å². The zero-order valence-electron chi connectivity index (χ0n) is 13.7. The van der Waals surface area contributed by atoms with Gasteiger partial charge in [0.15, 0.2) is 0 Å². The second kappa shape index (κ2) is 9.26. The van der Waals surface area contributed by atoms with E-state index >= 15 is 0 Å². The van der Waals surface area contributed by atoms with E-state index in [9.17, 15) is 0 Å². The molecule has 2 nitrogen and oxygen atoms in total. The summed E-state index contributed by atoms with van der Waals surface area (Å²) < 4.78 is 6.04. The molecular weight excluding hydrogens is 270 g/mol. The summed E-state index contributed by atoms with van der Waals surface area (Å²) in [5.41, 5.74) is 2.59. The molecule has 0 fully saturated rings. The topological polar surface area (TPSA) is 21.3 Å². The molecular formula is C20H27NO. The molecule has 22 heavy (non-hydrogen) atoms. The van der Waals surface area contributed by atoms with Gasteiger partial charge in [-0.25, -0.2) is 0 Å². The minimum Gasteiger partial charge on any atom is -0.493 e.